The summed E-state index contributed by atoms with van der Waals surface area (Å²) >= 11 is 0.651. The minimum Gasteiger partial charge on any atom is -0.477 e. The number of thiazole rings is 1. The maximum atomic E-state index is 15.9. The molecule has 3 aromatic heterocycles. The molecule has 4 heterocycles. The fraction of sp³-hybridized carbons (Fsp3) is 0.321. The molecule has 232 valence electrons. The highest BCUT2D eigenvalue weighted by Gasteiger charge is 2.34. The first-order chi connectivity index (χ1) is 21.0. The predicted octanol–water partition coefficient (Wildman–Crippen LogP) is 4.52. The van der Waals surface area contributed by atoms with Crippen molar-refractivity contribution in [1.29, 1.82) is 0 Å². The van der Waals surface area contributed by atoms with Gasteiger partial charge in [-0.2, -0.15) is 13.2 Å². The lowest BCUT2D eigenvalue weighted by Gasteiger charge is -2.27. The molecule has 3 N–H and O–H groups in total. The Balaban J connectivity index is 1.65. The lowest BCUT2D eigenvalue weighted by atomic mass is 9.98. The molecule has 0 saturated carbocycles. The van der Waals surface area contributed by atoms with Gasteiger partial charge < -0.3 is 19.7 Å². The molecule has 1 aromatic carbocycles. The predicted molar refractivity (Wildman–Crippen MR) is 154 cm³/mol. The van der Waals surface area contributed by atoms with Crippen molar-refractivity contribution < 1.29 is 37.0 Å². The molecule has 0 unspecified atom stereocenters. The number of aromatic nitrogens is 3. The van der Waals surface area contributed by atoms with E-state index in [1.54, 1.807) is 6.92 Å². The number of carbonyl (C=O) groups is 2. The van der Waals surface area contributed by atoms with Crippen molar-refractivity contribution >= 4 is 40.1 Å². The lowest BCUT2D eigenvalue weighted by molar-refractivity contribution is -0.140. The van der Waals surface area contributed by atoms with Crippen LogP contribution < -0.4 is 16.1 Å². The molecule has 0 atom stereocenters. The zero-order valence-electron chi connectivity index (χ0n) is 23.2. The first-order valence-electron chi connectivity index (χ1n) is 13.4. The van der Waals surface area contributed by atoms with Crippen molar-refractivity contribution in [1.82, 2.24) is 24.8 Å². The molecule has 5 rings (SSSR count). The topological polar surface area (TPSA) is 139 Å². The summed E-state index contributed by atoms with van der Waals surface area (Å²) in [7, 11) is 0. The molecule has 0 aliphatic carbocycles. The molecule has 1 saturated heterocycles. The van der Waals surface area contributed by atoms with Crippen molar-refractivity contribution in [3.8, 4) is 21.7 Å². The van der Waals surface area contributed by atoms with E-state index in [9.17, 15) is 32.7 Å². The number of rotatable bonds is 8. The van der Waals surface area contributed by atoms with E-state index >= 15 is 4.39 Å². The Morgan fingerprint density at radius 3 is 2.52 bits per heavy atom. The quantitative estimate of drug-likeness (QED) is 0.241. The van der Waals surface area contributed by atoms with Crippen molar-refractivity contribution in [2.75, 3.05) is 44.7 Å². The largest absolute Gasteiger partial charge is 0.477 e. The number of morpholine rings is 1. The molecule has 0 radical (unpaired) electrons. The number of urea groups is 1. The van der Waals surface area contributed by atoms with E-state index in [1.807, 2.05) is 0 Å². The second-order valence-corrected chi connectivity index (χ2v) is 10.7. The van der Waals surface area contributed by atoms with Gasteiger partial charge in [-0.25, -0.2) is 23.9 Å². The van der Waals surface area contributed by atoms with Gasteiger partial charge in [0.05, 0.1) is 18.7 Å². The van der Waals surface area contributed by atoms with Gasteiger partial charge in [0.2, 0.25) is 5.43 Å². The highest BCUT2D eigenvalue weighted by atomic mass is 32.1. The van der Waals surface area contributed by atoms with E-state index in [4.69, 9.17) is 4.74 Å². The molecule has 16 heteroatoms. The Labute approximate surface area is 251 Å². The number of nitrogens with one attached hydrogen (secondary N) is 2. The van der Waals surface area contributed by atoms with E-state index in [0.29, 0.717) is 50.7 Å². The van der Waals surface area contributed by atoms with Crippen molar-refractivity contribution in [2.24, 2.45) is 0 Å². The van der Waals surface area contributed by atoms with E-state index < -0.39 is 40.7 Å². The average Bonchev–Trinajstić information content (AvgIpc) is 3.49. The zero-order chi connectivity index (χ0) is 31.6. The molecular formula is C28H26F4N6O5S. The summed E-state index contributed by atoms with van der Waals surface area (Å²) in [6.07, 6.45) is -2.42. The van der Waals surface area contributed by atoms with Gasteiger partial charge >= 0.3 is 18.2 Å². The van der Waals surface area contributed by atoms with Crippen LogP contribution >= 0.6 is 11.3 Å². The van der Waals surface area contributed by atoms with Crippen LogP contribution in [0.15, 0.2) is 40.8 Å². The number of ether oxygens (including phenoxy) is 1. The minimum atomic E-state index is -4.74. The summed E-state index contributed by atoms with van der Waals surface area (Å²) < 4.78 is 62.9. The lowest BCUT2D eigenvalue weighted by Crippen LogP contribution is -2.38. The third-order valence-corrected chi connectivity index (χ3v) is 7.83. The number of benzene rings is 1. The summed E-state index contributed by atoms with van der Waals surface area (Å²) in [5, 5.41) is 15.3. The number of anilines is 1. The number of hydrogen-bond donors (Lipinski definition) is 3. The van der Waals surface area contributed by atoms with Crippen LogP contribution in [0, 0.1) is 5.82 Å². The molecule has 1 fully saturated rings. The minimum absolute atomic E-state index is 0.00702. The van der Waals surface area contributed by atoms with E-state index in [1.165, 1.54) is 22.9 Å². The second kappa shape index (κ2) is 12.7. The van der Waals surface area contributed by atoms with Crippen LogP contribution in [0.3, 0.4) is 0 Å². The summed E-state index contributed by atoms with van der Waals surface area (Å²) in [6.45, 7) is 5.13. The number of carbonyl (C=O) groups excluding carboxylic acids is 1. The second-order valence-electron chi connectivity index (χ2n) is 9.81. The first-order valence-corrected chi connectivity index (χ1v) is 14.3. The number of pyridine rings is 2. The number of carboxylic acids is 1. The molecule has 0 spiro atoms. The van der Waals surface area contributed by atoms with Gasteiger partial charge in [-0.3, -0.25) is 15.0 Å². The molecular weight excluding hydrogens is 608 g/mol. The van der Waals surface area contributed by atoms with Crippen molar-refractivity contribution in [3.63, 3.8) is 0 Å². The van der Waals surface area contributed by atoms with Gasteiger partial charge in [-0.1, -0.05) is 0 Å². The number of halogens is 4. The van der Waals surface area contributed by atoms with Crippen molar-refractivity contribution in [3.05, 3.63) is 63.3 Å². The summed E-state index contributed by atoms with van der Waals surface area (Å²) in [5.41, 5.74) is -2.62. The monoisotopic (exact) mass is 634 g/mol. The number of nitrogens with zero attached hydrogens (tertiary/aromatic N) is 4. The highest BCUT2D eigenvalue weighted by molar-refractivity contribution is 7.13. The summed E-state index contributed by atoms with van der Waals surface area (Å²) in [5.74, 6) is -2.34. The standard InChI is InChI=1S/C28H26F4N6O5S/c1-2-33-27(42)36-23-10-16(25-35-22(14-44-25)28(30,31)32)18(12-34-23)15-9-17-21(11-20(15)29)38(13-19(24(17)39)26(40)41)4-3-37-5-7-43-8-6-37/h9-14H,2-8H2,1H3,(H,40,41)(H2,33,34,36,42). The third kappa shape index (κ3) is 6.56. The Morgan fingerprint density at radius 2 is 1.86 bits per heavy atom. The average molecular weight is 635 g/mol. The smallest absolute Gasteiger partial charge is 0.434 e. The van der Waals surface area contributed by atoms with Crippen LogP contribution in [0.4, 0.5) is 28.2 Å². The summed E-state index contributed by atoms with van der Waals surface area (Å²) in [4.78, 5) is 47.2. The maximum absolute atomic E-state index is 15.9. The normalized spacial score (nSPS) is 14.1. The number of alkyl halides is 3. The highest BCUT2D eigenvalue weighted by Crippen LogP contribution is 2.39. The zero-order valence-corrected chi connectivity index (χ0v) is 24.0. The summed E-state index contributed by atoms with van der Waals surface area (Å²) in [6, 6.07) is 2.89. The Bertz CT molecular complexity index is 1780. The molecule has 1 aliphatic heterocycles. The molecule has 44 heavy (non-hydrogen) atoms. The molecule has 1 aliphatic rings. The van der Waals surface area contributed by atoms with Gasteiger partial charge in [0.15, 0.2) is 5.69 Å². The number of fused-ring (bicyclic) bond motifs is 1. The molecule has 0 bridgehead atoms. The third-order valence-electron chi connectivity index (χ3n) is 6.96. The van der Waals surface area contributed by atoms with Crippen LogP contribution in [0.25, 0.3) is 32.6 Å². The Hall–Kier alpha value is -4.41. The number of aromatic carboxylic acids is 1. The van der Waals surface area contributed by atoms with E-state index in [2.05, 4.69) is 25.5 Å². The van der Waals surface area contributed by atoms with Crippen LogP contribution in [-0.2, 0) is 17.5 Å². The van der Waals surface area contributed by atoms with Gasteiger partial charge in [0.1, 0.15) is 22.2 Å². The van der Waals surface area contributed by atoms with Crippen molar-refractivity contribution in [2.45, 2.75) is 19.6 Å². The first kappa shape index (κ1) is 31.0. The maximum Gasteiger partial charge on any atom is 0.434 e. The SMILES string of the molecule is CCNC(=O)Nc1cc(-c2nc(C(F)(F)F)cs2)c(-c2cc3c(=O)c(C(=O)O)cn(CCN4CCOCC4)c3cc2F)cn1. The number of amides is 2. The number of hydrogen-bond acceptors (Lipinski definition) is 8. The van der Waals surface area contributed by atoms with Crippen LogP contribution in [0.2, 0.25) is 0 Å². The number of carboxylic acid groups (broad SMARTS) is 1. The van der Waals surface area contributed by atoms with Gasteiger partial charge in [-0.05, 0) is 25.1 Å². The van der Waals surface area contributed by atoms with Crippen LogP contribution in [0.5, 0.6) is 0 Å². The van der Waals surface area contributed by atoms with Crippen LogP contribution in [-0.4, -0.2) is 75.9 Å². The Morgan fingerprint density at radius 1 is 1.11 bits per heavy atom. The van der Waals surface area contributed by atoms with Gasteiger partial charge in [-0.15, -0.1) is 11.3 Å². The fourth-order valence-electron chi connectivity index (χ4n) is 4.79. The van der Waals surface area contributed by atoms with E-state index in [-0.39, 0.29) is 45.0 Å². The molecule has 4 aromatic rings. The van der Waals surface area contributed by atoms with Gasteiger partial charge in [0.25, 0.3) is 0 Å². The molecule has 11 nitrogen and oxygen atoms in total. The van der Waals surface area contributed by atoms with Gasteiger partial charge in [0, 0.05) is 72.6 Å². The van der Waals surface area contributed by atoms with E-state index in [0.717, 1.165) is 17.6 Å². The van der Waals surface area contributed by atoms with Crippen LogP contribution in [0.1, 0.15) is 23.0 Å². The Kier molecular flexibility index (Phi) is 8.94. The fourth-order valence-corrected chi connectivity index (χ4v) is 5.65. The molecule has 2 amide bonds.